The Labute approximate surface area is 98.4 Å². The molecule has 17 heavy (non-hydrogen) atoms. The van der Waals surface area contributed by atoms with Gasteiger partial charge in [-0.15, -0.1) is 0 Å². The lowest BCUT2D eigenvalue weighted by Gasteiger charge is -2.01. The van der Waals surface area contributed by atoms with Crippen molar-refractivity contribution in [3.05, 3.63) is 47.7 Å². The Morgan fingerprint density at radius 2 is 1.82 bits per heavy atom. The molecular formula is C12H13NO4. The van der Waals surface area contributed by atoms with Gasteiger partial charge >= 0.3 is 11.9 Å². The number of aromatic carboxylic acids is 1. The summed E-state index contributed by atoms with van der Waals surface area (Å²) in [5.41, 5.74) is 1.17. The van der Waals surface area contributed by atoms with Crippen LogP contribution in [0.5, 0.6) is 0 Å². The molecule has 0 atom stereocenters. The summed E-state index contributed by atoms with van der Waals surface area (Å²) in [6.45, 7) is 0.524. The summed E-state index contributed by atoms with van der Waals surface area (Å²) >= 11 is 0. The number of nitrogens with one attached hydrogen (secondary N) is 1. The van der Waals surface area contributed by atoms with Gasteiger partial charge in [0, 0.05) is 6.54 Å². The largest absolute Gasteiger partial charge is 0.481 e. The Hall–Kier alpha value is -2.30. The van der Waals surface area contributed by atoms with Crippen molar-refractivity contribution in [2.75, 3.05) is 0 Å². The molecule has 0 heterocycles. The zero-order valence-electron chi connectivity index (χ0n) is 9.09. The van der Waals surface area contributed by atoms with Crippen molar-refractivity contribution in [2.24, 2.45) is 0 Å². The standard InChI is InChI=1S/C12H13NO4/c14-11(15)2-1-7-13-8-9-3-5-10(6-4-9)12(16)17/h1,3-7,13H,2,8H2,(H,14,15)(H,16,17). The molecule has 0 spiro atoms. The van der Waals surface area contributed by atoms with Crippen molar-refractivity contribution in [3.63, 3.8) is 0 Å². The molecule has 1 aromatic rings. The Bertz CT molecular complexity index is 423. The van der Waals surface area contributed by atoms with Crippen molar-refractivity contribution in [1.82, 2.24) is 5.32 Å². The van der Waals surface area contributed by atoms with E-state index in [0.717, 1.165) is 5.56 Å². The number of rotatable bonds is 6. The van der Waals surface area contributed by atoms with Crippen molar-refractivity contribution >= 4 is 11.9 Å². The van der Waals surface area contributed by atoms with E-state index in [9.17, 15) is 9.59 Å². The topological polar surface area (TPSA) is 86.6 Å². The molecule has 1 rings (SSSR count). The Kier molecular flexibility index (Phi) is 4.75. The van der Waals surface area contributed by atoms with Crippen molar-refractivity contribution in [1.29, 1.82) is 0 Å². The first kappa shape index (κ1) is 12.8. The maximum atomic E-state index is 10.6. The molecular weight excluding hydrogens is 222 g/mol. The summed E-state index contributed by atoms with van der Waals surface area (Å²) in [5.74, 6) is -1.83. The molecule has 90 valence electrons. The minimum atomic E-state index is -0.953. The Morgan fingerprint density at radius 1 is 1.18 bits per heavy atom. The fourth-order valence-corrected chi connectivity index (χ4v) is 1.19. The van der Waals surface area contributed by atoms with Gasteiger partial charge in [-0.25, -0.2) is 4.79 Å². The van der Waals surface area contributed by atoms with Gasteiger partial charge in [0.25, 0.3) is 0 Å². The van der Waals surface area contributed by atoms with Gasteiger partial charge in [-0.1, -0.05) is 18.2 Å². The van der Waals surface area contributed by atoms with Crippen LogP contribution in [-0.2, 0) is 11.3 Å². The van der Waals surface area contributed by atoms with Crippen LogP contribution < -0.4 is 5.32 Å². The zero-order chi connectivity index (χ0) is 12.7. The van der Waals surface area contributed by atoms with E-state index in [1.54, 1.807) is 18.3 Å². The van der Waals surface area contributed by atoms with Crippen LogP contribution in [0.3, 0.4) is 0 Å². The summed E-state index contributed by atoms with van der Waals surface area (Å²) in [5, 5.41) is 20.0. The number of carboxylic acids is 2. The third-order valence-electron chi connectivity index (χ3n) is 2.04. The molecule has 0 fully saturated rings. The maximum Gasteiger partial charge on any atom is 0.335 e. The predicted octanol–water partition coefficient (Wildman–Crippen LogP) is 1.46. The number of hydrogen-bond donors (Lipinski definition) is 3. The second-order valence-corrected chi connectivity index (χ2v) is 3.38. The van der Waals surface area contributed by atoms with E-state index < -0.39 is 11.9 Å². The normalized spacial score (nSPS) is 10.4. The van der Waals surface area contributed by atoms with Crippen molar-refractivity contribution in [2.45, 2.75) is 13.0 Å². The van der Waals surface area contributed by atoms with Gasteiger partial charge in [0.05, 0.1) is 12.0 Å². The second-order valence-electron chi connectivity index (χ2n) is 3.38. The molecule has 1 aromatic carbocycles. The third-order valence-corrected chi connectivity index (χ3v) is 2.04. The van der Waals surface area contributed by atoms with E-state index in [1.807, 2.05) is 0 Å². The number of carboxylic acid groups (broad SMARTS) is 2. The number of hydrogen-bond acceptors (Lipinski definition) is 3. The summed E-state index contributed by atoms with van der Waals surface area (Å²) in [6, 6.07) is 6.48. The lowest BCUT2D eigenvalue weighted by molar-refractivity contribution is -0.136. The first-order valence-corrected chi connectivity index (χ1v) is 5.02. The minimum absolute atomic E-state index is 0.0229. The van der Waals surface area contributed by atoms with E-state index >= 15 is 0 Å². The van der Waals surface area contributed by atoms with Crippen LogP contribution in [0.15, 0.2) is 36.5 Å². The average Bonchev–Trinajstić information content (AvgIpc) is 2.29. The van der Waals surface area contributed by atoms with Crippen LogP contribution in [-0.4, -0.2) is 22.2 Å². The minimum Gasteiger partial charge on any atom is -0.481 e. The lowest BCUT2D eigenvalue weighted by Crippen LogP contribution is -2.05. The molecule has 0 aromatic heterocycles. The zero-order valence-corrected chi connectivity index (χ0v) is 9.09. The van der Waals surface area contributed by atoms with E-state index in [4.69, 9.17) is 10.2 Å². The van der Waals surface area contributed by atoms with Crippen LogP contribution >= 0.6 is 0 Å². The molecule has 3 N–H and O–H groups in total. The fourth-order valence-electron chi connectivity index (χ4n) is 1.19. The Balaban J connectivity index is 2.39. The summed E-state index contributed by atoms with van der Waals surface area (Å²) in [7, 11) is 0. The van der Waals surface area contributed by atoms with Gasteiger partial charge in [-0.05, 0) is 23.9 Å². The fraction of sp³-hybridized carbons (Fsp3) is 0.167. The number of benzene rings is 1. The van der Waals surface area contributed by atoms with Crippen LogP contribution in [0.25, 0.3) is 0 Å². The highest BCUT2D eigenvalue weighted by Gasteiger charge is 2.00. The van der Waals surface area contributed by atoms with E-state index in [0.29, 0.717) is 6.54 Å². The van der Waals surface area contributed by atoms with Gasteiger partial charge in [0.1, 0.15) is 0 Å². The molecule has 0 bridgehead atoms. The van der Waals surface area contributed by atoms with Crippen LogP contribution in [0.2, 0.25) is 0 Å². The first-order valence-electron chi connectivity index (χ1n) is 5.02. The SMILES string of the molecule is O=C(O)CC=CNCc1ccc(C(=O)O)cc1. The summed E-state index contributed by atoms with van der Waals surface area (Å²) in [6.07, 6.45) is 3.05. The third kappa shape index (κ3) is 4.83. The van der Waals surface area contributed by atoms with Gasteiger partial charge in [0.2, 0.25) is 0 Å². The molecule has 0 aliphatic carbocycles. The molecule has 0 saturated heterocycles. The van der Waals surface area contributed by atoms with Crippen molar-refractivity contribution < 1.29 is 19.8 Å². The number of carbonyl (C=O) groups is 2. The van der Waals surface area contributed by atoms with Crippen LogP contribution in [0, 0.1) is 0 Å². The smallest absolute Gasteiger partial charge is 0.335 e. The van der Waals surface area contributed by atoms with Crippen LogP contribution in [0.1, 0.15) is 22.3 Å². The van der Waals surface area contributed by atoms with Crippen molar-refractivity contribution in [3.8, 4) is 0 Å². The van der Waals surface area contributed by atoms with Gasteiger partial charge < -0.3 is 15.5 Å². The average molecular weight is 235 g/mol. The Morgan fingerprint density at radius 3 is 2.35 bits per heavy atom. The lowest BCUT2D eigenvalue weighted by atomic mass is 10.1. The monoisotopic (exact) mass is 235 g/mol. The van der Waals surface area contributed by atoms with E-state index in [-0.39, 0.29) is 12.0 Å². The first-order chi connectivity index (χ1) is 8.09. The number of aliphatic carboxylic acids is 1. The van der Waals surface area contributed by atoms with Gasteiger partial charge in [-0.3, -0.25) is 4.79 Å². The molecule has 0 radical (unpaired) electrons. The highest BCUT2D eigenvalue weighted by molar-refractivity contribution is 5.87. The maximum absolute atomic E-state index is 10.6. The van der Waals surface area contributed by atoms with Crippen LogP contribution in [0.4, 0.5) is 0 Å². The molecule has 0 saturated carbocycles. The summed E-state index contributed by atoms with van der Waals surface area (Å²) < 4.78 is 0. The molecule has 0 unspecified atom stereocenters. The van der Waals surface area contributed by atoms with Gasteiger partial charge in [0.15, 0.2) is 0 Å². The molecule has 0 aliphatic heterocycles. The molecule has 5 nitrogen and oxygen atoms in total. The van der Waals surface area contributed by atoms with E-state index in [1.165, 1.54) is 18.2 Å². The van der Waals surface area contributed by atoms with E-state index in [2.05, 4.69) is 5.32 Å². The predicted molar refractivity (Wildman–Crippen MR) is 61.6 cm³/mol. The highest BCUT2D eigenvalue weighted by atomic mass is 16.4. The molecule has 5 heteroatoms. The highest BCUT2D eigenvalue weighted by Crippen LogP contribution is 2.04. The van der Waals surface area contributed by atoms with Gasteiger partial charge in [-0.2, -0.15) is 0 Å². The molecule has 0 aliphatic rings. The quantitative estimate of drug-likeness (QED) is 0.695. The molecule has 0 amide bonds. The summed E-state index contributed by atoms with van der Waals surface area (Å²) in [4.78, 5) is 20.8. The second kappa shape index (κ2) is 6.32.